The second-order valence-electron chi connectivity index (χ2n) is 2.47. The molecule has 0 amide bonds. The fraction of sp³-hybridized carbons (Fsp3) is 0.111. The van der Waals surface area contributed by atoms with E-state index in [4.69, 9.17) is 5.11 Å². The molecule has 0 atom stereocenters. The predicted molar refractivity (Wildman–Crippen MR) is 45.6 cm³/mol. The Morgan fingerprint density at radius 3 is 2.83 bits per heavy atom. The Bertz CT molecular complexity index is 331. The van der Waals surface area contributed by atoms with Crippen molar-refractivity contribution in [2.24, 2.45) is 0 Å². The molecule has 1 heterocycles. The van der Waals surface area contributed by atoms with E-state index in [0.29, 0.717) is 5.56 Å². The Morgan fingerprint density at radius 2 is 2.33 bits per heavy atom. The summed E-state index contributed by atoms with van der Waals surface area (Å²) >= 11 is 0. The molecule has 0 spiro atoms. The molecular weight excluding hydrogens is 154 g/mol. The van der Waals surface area contributed by atoms with E-state index >= 15 is 0 Å². The highest BCUT2D eigenvalue weighted by atomic mass is 16.4. The van der Waals surface area contributed by atoms with Crippen molar-refractivity contribution in [1.82, 2.24) is 4.98 Å². The van der Waals surface area contributed by atoms with Gasteiger partial charge >= 0.3 is 5.97 Å². The van der Waals surface area contributed by atoms with E-state index in [2.05, 4.69) is 11.6 Å². The average Bonchev–Trinajstić information content (AvgIpc) is 2.04. The highest BCUT2D eigenvalue weighted by molar-refractivity contribution is 6.14. The van der Waals surface area contributed by atoms with Crippen molar-refractivity contribution < 1.29 is 9.90 Å². The van der Waals surface area contributed by atoms with Crippen LogP contribution in [0.1, 0.15) is 11.1 Å². The normalized spacial score (nSPS) is 9.42. The topological polar surface area (TPSA) is 50.2 Å². The maximum absolute atomic E-state index is 10.5. The summed E-state index contributed by atoms with van der Waals surface area (Å²) in [5, 5.41) is 8.64. The van der Waals surface area contributed by atoms with E-state index in [0.717, 1.165) is 5.56 Å². The van der Waals surface area contributed by atoms with Crippen molar-refractivity contribution in [3.63, 3.8) is 0 Å². The molecule has 0 bridgehead atoms. The number of aromatic nitrogens is 1. The summed E-state index contributed by atoms with van der Waals surface area (Å²) in [5.41, 5.74) is 1.57. The zero-order valence-corrected chi connectivity index (χ0v) is 6.74. The summed E-state index contributed by atoms with van der Waals surface area (Å²) in [6.45, 7) is 5.26. The molecule has 0 saturated carbocycles. The molecule has 0 fully saturated rings. The van der Waals surface area contributed by atoms with Crippen molar-refractivity contribution in [1.29, 1.82) is 0 Å². The number of aryl methyl sites for hydroxylation is 1. The molecule has 12 heavy (non-hydrogen) atoms. The molecular formula is C9H9NO2. The minimum absolute atomic E-state index is 0.106. The first-order chi connectivity index (χ1) is 5.63. The number of nitrogens with zero attached hydrogens (tertiary/aromatic N) is 1. The van der Waals surface area contributed by atoms with Crippen LogP contribution in [0, 0.1) is 6.92 Å². The summed E-state index contributed by atoms with van der Waals surface area (Å²) in [6.07, 6.45) is 3.17. The second kappa shape index (κ2) is 3.17. The van der Waals surface area contributed by atoms with Crippen LogP contribution in [0.3, 0.4) is 0 Å². The summed E-state index contributed by atoms with van der Waals surface area (Å²) in [4.78, 5) is 14.4. The molecule has 0 aliphatic rings. The first-order valence-corrected chi connectivity index (χ1v) is 3.46. The third kappa shape index (κ3) is 1.50. The third-order valence-corrected chi connectivity index (χ3v) is 1.60. The molecule has 0 aromatic carbocycles. The van der Waals surface area contributed by atoms with Gasteiger partial charge in [-0.3, -0.25) is 4.98 Å². The van der Waals surface area contributed by atoms with Crippen LogP contribution in [-0.4, -0.2) is 16.1 Å². The summed E-state index contributed by atoms with van der Waals surface area (Å²) < 4.78 is 0. The highest BCUT2D eigenvalue weighted by Crippen LogP contribution is 2.15. The van der Waals surface area contributed by atoms with E-state index in [1.54, 1.807) is 25.4 Å². The number of carboxylic acids is 1. The standard InChI is InChI=1S/C9H9NO2/c1-6-5-10-4-3-8(6)7(2)9(11)12/h3-5H,2H2,1H3,(H,11,12). The molecule has 0 radical (unpaired) electrons. The third-order valence-electron chi connectivity index (χ3n) is 1.60. The number of carboxylic acid groups (broad SMARTS) is 1. The number of rotatable bonds is 2. The number of hydrogen-bond donors (Lipinski definition) is 1. The lowest BCUT2D eigenvalue weighted by molar-refractivity contribution is -0.130. The van der Waals surface area contributed by atoms with Crippen molar-refractivity contribution in [3.8, 4) is 0 Å². The lowest BCUT2D eigenvalue weighted by Gasteiger charge is -2.02. The Hall–Kier alpha value is -1.64. The van der Waals surface area contributed by atoms with Gasteiger partial charge in [0, 0.05) is 12.4 Å². The largest absolute Gasteiger partial charge is 0.478 e. The Morgan fingerprint density at radius 1 is 1.67 bits per heavy atom. The van der Waals surface area contributed by atoms with E-state index in [1.807, 2.05) is 0 Å². The fourth-order valence-corrected chi connectivity index (χ4v) is 0.927. The Labute approximate surface area is 70.4 Å². The van der Waals surface area contributed by atoms with E-state index in [-0.39, 0.29) is 5.57 Å². The summed E-state index contributed by atoms with van der Waals surface area (Å²) in [5.74, 6) is -0.996. The summed E-state index contributed by atoms with van der Waals surface area (Å²) in [7, 11) is 0. The van der Waals surface area contributed by atoms with E-state index in [9.17, 15) is 4.79 Å². The maximum Gasteiger partial charge on any atom is 0.335 e. The second-order valence-corrected chi connectivity index (χ2v) is 2.47. The molecule has 3 nitrogen and oxygen atoms in total. The molecule has 1 rings (SSSR count). The average molecular weight is 163 g/mol. The van der Waals surface area contributed by atoms with Crippen molar-refractivity contribution in [2.45, 2.75) is 6.92 Å². The predicted octanol–water partition coefficient (Wildman–Crippen LogP) is 1.49. The van der Waals surface area contributed by atoms with Crippen LogP contribution in [0.15, 0.2) is 25.0 Å². The SMILES string of the molecule is C=C(C(=O)O)c1ccncc1C. The molecule has 3 heteroatoms. The monoisotopic (exact) mass is 163 g/mol. The molecule has 62 valence electrons. The molecule has 1 aromatic heterocycles. The quantitative estimate of drug-likeness (QED) is 0.672. The van der Waals surface area contributed by atoms with Gasteiger partial charge in [0.1, 0.15) is 0 Å². The Balaban J connectivity index is 3.11. The summed E-state index contributed by atoms with van der Waals surface area (Å²) in [6, 6.07) is 1.64. The molecule has 0 aliphatic heterocycles. The van der Waals surface area contributed by atoms with Crippen LogP contribution in [0.4, 0.5) is 0 Å². The fourth-order valence-electron chi connectivity index (χ4n) is 0.927. The smallest absolute Gasteiger partial charge is 0.335 e. The zero-order chi connectivity index (χ0) is 9.14. The lowest BCUT2D eigenvalue weighted by atomic mass is 10.1. The van der Waals surface area contributed by atoms with Crippen LogP contribution in [0.25, 0.3) is 5.57 Å². The van der Waals surface area contributed by atoms with Crippen LogP contribution in [0.5, 0.6) is 0 Å². The van der Waals surface area contributed by atoms with Crippen molar-refractivity contribution in [2.75, 3.05) is 0 Å². The van der Waals surface area contributed by atoms with E-state index in [1.165, 1.54) is 0 Å². The number of hydrogen-bond acceptors (Lipinski definition) is 2. The van der Waals surface area contributed by atoms with Crippen LogP contribution in [-0.2, 0) is 4.79 Å². The number of aliphatic carboxylic acids is 1. The van der Waals surface area contributed by atoms with Crippen LogP contribution < -0.4 is 0 Å². The van der Waals surface area contributed by atoms with Gasteiger partial charge in [-0.05, 0) is 24.1 Å². The molecule has 1 aromatic rings. The van der Waals surface area contributed by atoms with Gasteiger partial charge < -0.3 is 5.11 Å². The zero-order valence-electron chi connectivity index (χ0n) is 6.74. The minimum atomic E-state index is -0.996. The van der Waals surface area contributed by atoms with Gasteiger partial charge in [0.05, 0.1) is 5.57 Å². The van der Waals surface area contributed by atoms with Gasteiger partial charge in [0.15, 0.2) is 0 Å². The molecule has 0 unspecified atom stereocenters. The molecule has 0 aliphatic carbocycles. The van der Waals surface area contributed by atoms with Crippen LogP contribution >= 0.6 is 0 Å². The lowest BCUT2D eigenvalue weighted by Crippen LogP contribution is -1.99. The van der Waals surface area contributed by atoms with Gasteiger partial charge in [0.2, 0.25) is 0 Å². The first kappa shape index (κ1) is 8.46. The van der Waals surface area contributed by atoms with Gasteiger partial charge in [0.25, 0.3) is 0 Å². The minimum Gasteiger partial charge on any atom is -0.478 e. The molecule has 1 N–H and O–H groups in total. The Kier molecular flexibility index (Phi) is 2.24. The number of pyridine rings is 1. The van der Waals surface area contributed by atoms with Gasteiger partial charge in [-0.1, -0.05) is 6.58 Å². The van der Waals surface area contributed by atoms with E-state index < -0.39 is 5.97 Å². The maximum atomic E-state index is 10.5. The number of carbonyl (C=O) groups is 1. The van der Waals surface area contributed by atoms with Crippen LogP contribution in [0.2, 0.25) is 0 Å². The van der Waals surface area contributed by atoms with Gasteiger partial charge in [-0.25, -0.2) is 4.79 Å². The first-order valence-electron chi connectivity index (χ1n) is 3.46. The highest BCUT2D eigenvalue weighted by Gasteiger charge is 2.08. The molecule has 0 saturated heterocycles. The van der Waals surface area contributed by atoms with Crippen molar-refractivity contribution >= 4 is 11.5 Å². The van der Waals surface area contributed by atoms with Gasteiger partial charge in [-0.15, -0.1) is 0 Å². The van der Waals surface area contributed by atoms with Crippen molar-refractivity contribution in [3.05, 3.63) is 36.2 Å². The van der Waals surface area contributed by atoms with Gasteiger partial charge in [-0.2, -0.15) is 0 Å².